The number of hydrogen-bond acceptors (Lipinski definition) is 2. The topological polar surface area (TPSA) is 40.6 Å². The smallest absolute Gasteiger partial charge is 0.160 e. The van der Waals surface area contributed by atoms with Crippen molar-refractivity contribution in [2.24, 2.45) is 0 Å². The van der Waals surface area contributed by atoms with Gasteiger partial charge in [0.1, 0.15) is 0 Å². The zero-order valence-electron chi connectivity index (χ0n) is 31.9. The van der Waals surface area contributed by atoms with Crippen LogP contribution in [0.15, 0.2) is 212 Å². The van der Waals surface area contributed by atoms with Crippen LogP contribution in [0.2, 0.25) is 0 Å². The summed E-state index contributed by atoms with van der Waals surface area (Å²) >= 11 is 0. The average molecular weight is 754 g/mol. The van der Waals surface area contributed by atoms with Crippen LogP contribution in [0, 0.1) is 0 Å². The van der Waals surface area contributed by atoms with Crippen LogP contribution < -0.4 is 0 Å². The van der Waals surface area contributed by atoms with E-state index in [4.69, 9.17) is 9.97 Å². The van der Waals surface area contributed by atoms with Crippen LogP contribution in [0.5, 0.6) is 0 Å². The van der Waals surface area contributed by atoms with Gasteiger partial charge in [-0.05, 0) is 60.7 Å². The summed E-state index contributed by atoms with van der Waals surface area (Å²) in [5.74, 6) is 0.694. The first-order valence-electron chi connectivity index (χ1n) is 20.0. The van der Waals surface area contributed by atoms with Gasteiger partial charge in [-0.25, -0.2) is 9.97 Å². The summed E-state index contributed by atoms with van der Waals surface area (Å²) < 4.78 is 7.36. The Kier molecular flexibility index (Phi) is 7.47. The highest BCUT2D eigenvalue weighted by Gasteiger charge is 2.26. The summed E-state index contributed by atoms with van der Waals surface area (Å²) in [6.45, 7) is 0. The van der Waals surface area contributed by atoms with Crippen molar-refractivity contribution >= 4 is 54.6 Å². The minimum absolute atomic E-state index is 0.694. The second kappa shape index (κ2) is 13.3. The lowest BCUT2D eigenvalue weighted by molar-refractivity contribution is 1.15. The van der Waals surface area contributed by atoms with Gasteiger partial charge in [-0.3, -0.25) is 0 Å². The predicted octanol–water partition coefficient (Wildman–Crippen LogP) is 13.6. The van der Waals surface area contributed by atoms with E-state index in [9.17, 15) is 0 Å². The van der Waals surface area contributed by atoms with E-state index in [0.29, 0.717) is 5.82 Å². The maximum Gasteiger partial charge on any atom is 0.160 e. The quantitative estimate of drug-likeness (QED) is 0.170. The summed E-state index contributed by atoms with van der Waals surface area (Å²) in [7, 11) is 0. The lowest BCUT2D eigenvalue weighted by atomic mass is 10.0. The fraction of sp³-hybridized carbons (Fsp3) is 0. The summed E-state index contributed by atoms with van der Waals surface area (Å²) in [4.78, 5) is 10.4. The second-order valence-electron chi connectivity index (χ2n) is 15.0. The number of para-hydroxylation sites is 5. The third kappa shape index (κ3) is 5.12. The van der Waals surface area contributed by atoms with Crippen LogP contribution in [0.25, 0.3) is 106 Å². The average Bonchev–Trinajstić information content (AvgIpc) is 3.95. The van der Waals surface area contributed by atoms with E-state index in [0.717, 1.165) is 61.7 Å². The number of benzene rings is 8. The molecule has 0 saturated carbocycles. The molecule has 0 N–H and O–H groups in total. The van der Waals surface area contributed by atoms with E-state index >= 15 is 0 Å². The third-order valence-corrected chi connectivity index (χ3v) is 11.6. The molecule has 8 aromatic carbocycles. The largest absolute Gasteiger partial charge is 0.309 e. The molecule has 0 unspecified atom stereocenters. The summed E-state index contributed by atoms with van der Waals surface area (Å²) in [5, 5.41) is 4.83. The minimum atomic E-state index is 0.694. The number of rotatable bonds is 6. The highest BCUT2D eigenvalue weighted by atomic mass is 15.1. The van der Waals surface area contributed by atoms with Crippen molar-refractivity contribution in [2.75, 3.05) is 0 Å². The van der Waals surface area contributed by atoms with Gasteiger partial charge in [-0.1, -0.05) is 152 Å². The molecular formula is C54H35N5. The molecule has 0 bridgehead atoms. The molecule has 12 rings (SSSR count). The third-order valence-electron chi connectivity index (χ3n) is 11.6. The molecule has 0 aliphatic carbocycles. The maximum atomic E-state index is 5.30. The van der Waals surface area contributed by atoms with Gasteiger partial charge in [-0.15, -0.1) is 0 Å². The number of hydrogen-bond donors (Lipinski definition) is 0. The number of aromatic nitrogens is 5. The molecule has 0 atom stereocenters. The molecule has 0 aliphatic rings. The lowest BCUT2D eigenvalue weighted by Gasteiger charge is -2.15. The Balaban J connectivity index is 1.21. The molecule has 0 saturated heterocycles. The van der Waals surface area contributed by atoms with Gasteiger partial charge in [0, 0.05) is 49.6 Å². The molecule has 0 radical (unpaired) electrons. The van der Waals surface area contributed by atoms with Crippen molar-refractivity contribution in [1.82, 2.24) is 23.7 Å². The fourth-order valence-corrected chi connectivity index (χ4v) is 9.17. The highest BCUT2D eigenvalue weighted by Crippen LogP contribution is 2.47. The Labute approximate surface area is 340 Å². The molecule has 0 fully saturated rings. The van der Waals surface area contributed by atoms with E-state index in [1.807, 2.05) is 24.3 Å². The molecule has 5 nitrogen and oxygen atoms in total. The second-order valence-corrected chi connectivity index (χ2v) is 15.0. The molecule has 0 aliphatic heterocycles. The van der Waals surface area contributed by atoms with Crippen molar-refractivity contribution in [3.8, 4) is 51.0 Å². The van der Waals surface area contributed by atoms with Crippen LogP contribution >= 0.6 is 0 Å². The molecule has 59 heavy (non-hydrogen) atoms. The van der Waals surface area contributed by atoms with Gasteiger partial charge < -0.3 is 13.7 Å². The highest BCUT2D eigenvalue weighted by molar-refractivity contribution is 6.31. The van der Waals surface area contributed by atoms with E-state index in [-0.39, 0.29) is 0 Å². The van der Waals surface area contributed by atoms with Gasteiger partial charge in [0.2, 0.25) is 0 Å². The van der Waals surface area contributed by atoms with Crippen molar-refractivity contribution in [3.63, 3.8) is 0 Å². The standard InChI is InChI=1S/C54H35N5/c1-5-19-36(20-6-1)43-35-44(56-54(55-43)37-21-7-2-8-22-37)40-27-13-16-30-45(40)59-46-31-17-14-28-41(46)50-48(59)33-34-49-51(50)53-52(58(49)39-25-11-4-12-26-39)42-29-15-18-32-47(42)57(53)38-23-9-3-10-24-38/h1-35H. The fourth-order valence-electron chi connectivity index (χ4n) is 9.17. The van der Waals surface area contributed by atoms with E-state index in [2.05, 4.69) is 202 Å². The first-order chi connectivity index (χ1) is 29.3. The van der Waals surface area contributed by atoms with Crippen molar-refractivity contribution in [3.05, 3.63) is 212 Å². The lowest BCUT2D eigenvalue weighted by Crippen LogP contribution is -2.01. The zero-order valence-corrected chi connectivity index (χ0v) is 31.9. The molecule has 276 valence electrons. The number of nitrogens with zero attached hydrogens (tertiary/aromatic N) is 5. The summed E-state index contributed by atoms with van der Waals surface area (Å²) in [6, 6.07) is 75.3. The Bertz CT molecular complexity index is 3430. The molecule has 0 amide bonds. The van der Waals surface area contributed by atoms with Crippen LogP contribution in [-0.2, 0) is 0 Å². The number of fused-ring (bicyclic) bond motifs is 9. The Morgan fingerprint density at radius 2 is 0.814 bits per heavy atom. The monoisotopic (exact) mass is 753 g/mol. The summed E-state index contributed by atoms with van der Waals surface area (Å²) in [5.41, 5.74) is 15.1. The first kappa shape index (κ1) is 33.2. The van der Waals surface area contributed by atoms with E-state index in [1.165, 1.54) is 38.1 Å². The maximum absolute atomic E-state index is 5.30. The molecule has 0 spiro atoms. The minimum Gasteiger partial charge on any atom is -0.309 e. The van der Waals surface area contributed by atoms with Gasteiger partial charge >= 0.3 is 0 Å². The SMILES string of the molecule is c1ccc(-c2cc(-c3ccccc3-n3c4ccccc4c4c5c(ccc43)n(-c3ccccc3)c3c4ccccc4n(-c4ccccc4)c53)nc(-c3ccccc3)n2)cc1. The van der Waals surface area contributed by atoms with Gasteiger partial charge in [0.05, 0.1) is 50.2 Å². The molecule has 4 aromatic heterocycles. The van der Waals surface area contributed by atoms with Crippen molar-refractivity contribution in [2.45, 2.75) is 0 Å². The normalized spacial score (nSPS) is 11.7. The predicted molar refractivity (Wildman–Crippen MR) is 244 cm³/mol. The Morgan fingerprint density at radius 1 is 0.322 bits per heavy atom. The molecule has 4 heterocycles. The molecule has 12 aromatic rings. The van der Waals surface area contributed by atoms with Crippen LogP contribution in [-0.4, -0.2) is 23.7 Å². The molecule has 5 heteroatoms. The van der Waals surface area contributed by atoms with Gasteiger partial charge in [0.25, 0.3) is 0 Å². The Hall–Kier alpha value is -8.02. The van der Waals surface area contributed by atoms with Crippen molar-refractivity contribution < 1.29 is 0 Å². The van der Waals surface area contributed by atoms with Crippen LogP contribution in [0.1, 0.15) is 0 Å². The van der Waals surface area contributed by atoms with Gasteiger partial charge in [0.15, 0.2) is 5.82 Å². The van der Waals surface area contributed by atoms with Gasteiger partial charge in [-0.2, -0.15) is 0 Å². The zero-order chi connectivity index (χ0) is 38.9. The molecular weight excluding hydrogens is 719 g/mol. The van der Waals surface area contributed by atoms with E-state index < -0.39 is 0 Å². The Morgan fingerprint density at radius 3 is 1.49 bits per heavy atom. The summed E-state index contributed by atoms with van der Waals surface area (Å²) in [6.07, 6.45) is 0. The first-order valence-corrected chi connectivity index (χ1v) is 20.0. The van der Waals surface area contributed by atoms with E-state index in [1.54, 1.807) is 0 Å². The van der Waals surface area contributed by atoms with Crippen molar-refractivity contribution in [1.29, 1.82) is 0 Å². The van der Waals surface area contributed by atoms with Crippen LogP contribution in [0.4, 0.5) is 0 Å². The van der Waals surface area contributed by atoms with Crippen LogP contribution in [0.3, 0.4) is 0 Å².